The molecule has 0 saturated carbocycles. The van der Waals surface area contributed by atoms with Gasteiger partial charge in [-0.15, -0.1) is 0 Å². The van der Waals surface area contributed by atoms with Gasteiger partial charge in [0.15, 0.2) is 0 Å². The smallest absolute Gasteiger partial charge is 0.224 e. The van der Waals surface area contributed by atoms with Crippen molar-refractivity contribution in [3.05, 3.63) is 60.2 Å². The number of amides is 2. The summed E-state index contributed by atoms with van der Waals surface area (Å²) in [6.45, 7) is 1.49. The van der Waals surface area contributed by atoms with E-state index in [4.69, 9.17) is 0 Å². The minimum absolute atomic E-state index is 0.0618. The maximum absolute atomic E-state index is 12.1. The van der Waals surface area contributed by atoms with Crippen LogP contribution in [0.15, 0.2) is 54.6 Å². The zero-order chi connectivity index (χ0) is 15.9. The Bertz CT molecular complexity index is 653. The number of anilines is 2. The summed E-state index contributed by atoms with van der Waals surface area (Å²) in [7, 11) is 1.69. The predicted molar refractivity (Wildman–Crippen MR) is 88.9 cm³/mol. The van der Waals surface area contributed by atoms with Crippen LogP contribution < -0.4 is 10.2 Å². The summed E-state index contributed by atoms with van der Waals surface area (Å²) in [6, 6.07) is 17.2. The second-order valence-corrected chi connectivity index (χ2v) is 5.13. The minimum Gasteiger partial charge on any atom is -0.324 e. The SMILES string of the molecule is CC(=O)N(C)c1ccccc1NC(=O)CCc1ccccc1. The molecule has 22 heavy (non-hydrogen) atoms. The van der Waals surface area contributed by atoms with Gasteiger partial charge in [-0.2, -0.15) is 0 Å². The van der Waals surface area contributed by atoms with Crippen LogP contribution >= 0.6 is 0 Å². The third kappa shape index (κ3) is 4.19. The summed E-state index contributed by atoms with van der Waals surface area (Å²) in [5.74, 6) is -0.140. The molecular formula is C18H20N2O2. The molecule has 0 atom stereocenters. The molecule has 1 N–H and O–H groups in total. The van der Waals surface area contributed by atoms with Gasteiger partial charge in [-0.1, -0.05) is 42.5 Å². The Kier molecular flexibility index (Phi) is 5.31. The quantitative estimate of drug-likeness (QED) is 0.921. The van der Waals surface area contributed by atoms with Gasteiger partial charge in [0.2, 0.25) is 11.8 Å². The van der Waals surface area contributed by atoms with E-state index in [-0.39, 0.29) is 11.8 Å². The molecule has 4 heteroatoms. The number of para-hydroxylation sites is 2. The lowest BCUT2D eigenvalue weighted by atomic mass is 10.1. The fourth-order valence-corrected chi connectivity index (χ4v) is 2.16. The average Bonchev–Trinajstić information content (AvgIpc) is 2.53. The highest BCUT2D eigenvalue weighted by Gasteiger charge is 2.12. The first-order valence-corrected chi connectivity index (χ1v) is 7.25. The Morgan fingerprint density at radius 2 is 1.64 bits per heavy atom. The van der Waals surface area contributed by atoms with E-state index in [1.54, 1.807) is 13.1 Å². The zero-order valence-corrected chi connectivity index (χ0v) is 12.9. The number of nitrogens with zero attached hydrogens (tertiary/aromatic N) is 1. The van der Waals surface area contributed by atoms with Crippen molar-refractivity contribution in [3.8, 4) is 0 Å². The summed E-state index contributed by atoms with van der Waals surface area (Å²) >= 11 is 0. The van der Waals surface area contributed by atoms with E-state index in [0.717, 1.165) is 5.56 Å². The molecule has 0 aliphatic rings. The number of benzene rings is 2. The number of nitrogens with one attached hydrogen (secondary N) is 1. The molecule has 2 aromatic rings. The second-order valence-electron chi connectivity index (χ2n) is 5.13. The van der Waals surface area contributed by atoms with E-state index in [1.165, 1.54) is 11.8 Å². The van der Waals surface area contributed by atoms with Gasteiger partial charge in [-0.25, -0.2) is 0 Å². The second kappa shape index (κ2) is 7.41. The van der Waals surface area contributed by atoms with E-state index in [1.807, 2.05) is 48.5 Å². The van der Waals surface area contributed by atoms with Crippen molar-refractivity contribution >= 4 is 23.2 Å². The molecule has 0 aliphatic carbocycles. The van der Waals surface area contributed by atoms with Crippen LogP contribution in [0.25, 0.3) is 0 Å². The summed E-state index contributed by atoms with van der Waals surface area (Å²) in [4.78, 5) is 25.1. The molecule has 0 radical (unpaired) electrons. The predicted octanol–water partition coefficient (Wildman–Crippen LogP) is 3.24. The van der Waals surface area contributed by atoms with E-state index >= 15 is 0 Å². The molecule has 2 aromatic carbocycles. The summed E-state index contributed by atoms with van der Waals surface area (Å²) in [5, 5.41) is 2.88. The molecule has 0 heterocycles. The van der Waals surface area contributed by atoms with Gasteiger partial charge in [-0.05, 0) is 24.1 Å². The van der Waals surface area contributed by atoms with Crippen molar-refractivity contribution in [3.63, 3.8) is 0 Å². The van der Waals surface area contributed by atoms with Gasteiger partial charge in [0.25, 0.3) is 0 Å². The fraction of sp³-hybridized carbons (Fsp3) is 0.222. The van der Waals surface area contributed by atoms with Gasteiger partial charge >= 0.3 is 0 Å². The van der Waals surface area contributed by atoms with Gasteiger partial charge < -0.3 is 10.2 Å². The average molecular weight is 296 g/mol. The van der Waals surface area contributed by atoms with E-state index in [9.17, 15) is 9.59 Å². The Morgan fingerprint density at radius 3 is 2.32 bits per heavy atom. The van der Waals surface area contributed by atoms with Gasteiger partial charge in [0.1, 0.15) is 0 Å². The first-order valence-electron chi connectivity index (χ1n) is 7.25. The molecule has 2 rings (SSSR count). The van der Waals surface area contributed by atoms with Gasteiger partial charge in [0.05, 0.1) is 11.4 Å². The van der Waals surface area contributed by atoms with Crippen LogP contribution in [-0.2, 0) is 16.0 Å². The molecule has 0 unspecified atom stereocenters. The standard InChI is InChI=1S/C18H20N2O2/c1-14(21)20(2)17-11-7-6-10-16(17)19-18(22)13-12-15-8-4-3-5-9-15/h3-11H,12-13H2,1-2H3,(H,19,22). The van der Waals surface area contributed by atoms with E-state index in [0.29, 0.717) is 24.2 Å². The van der Waals surface area contributed by atoms with E-state index in [2.05, 4.69) is 5.32 Å². The minimum atomic E-state index is -0.0778. The summed E-state index contributed by atoms with van der Waals surface area (Å²) in [5.41, 5.74) is 2.48. The van der Waals surface area contributed by atoms with Crippen molar-refractivity contribution < 1.29 is 9.59 Å². The van der Waals surface area contributed by atoms with Crippen LogP contribution in [0.3, 0.4) is 0 Å². The number of hydrogen-bond acceptors (Lipinski definition) is 2. The first-order chi connectivity index (χ1) is 10.6. The molecule has 114 valence electrons. The number of rotatable bonds is 5. The van der Waals surface area contributed by atoms with Crippen molar-refractivity contribution in [1.29, 1.82) is 0 Å². The monoisotopic (exact) mass is 296 g/mol. The van der Waals surface area contributed by atoms with Crippen molar-refractivity contribution in [2.75, 3.05) is 17.3 Å². The largest absolute Gasteiger partial charge is 0.324 e. The number of carbonyl (C=O) groups is 2. The van der Waals surface area contributed by atoms with Gasteiger partial charge in [-0.3, -0.25) is 9.59 Å². The lowest BCUT2D eigenvalue weighted by Crippen LogP contribution is -2.24. The molecule has 0 spiro atoms. The summed E-state index contributed by atoms with van der Waals surface area (Å²) in [6.07, 6.45) is 1.10. The fourth-order valence-electron chi connectivity index (χ4n) is 2.16. The van der Waals surface area contributed by atoms with Crippen LogP contribution in [-0.4, -0.2) is 18.9 Å². The van der Waals surface area contributed by atoms with Crippen LogP contribution in [0.1, 0.15) is 18.9 Å². The third-order valence-corrected chi connectivity index (χ3v) is 3.50. The lowest BCUT2D eigenvalue weighted by molar-refractivity contribution is -0.117. The number of aryl methyl sites for hydroxylation is 1. The lowest BCUT2D eigenvalue weighted by Gasteiger charge is -2.19. The Morgan fingerprint density at radius 1 is 1.00 bits per heavy atom. The topological polar surface area (TPSA) is 49.4 Å². The maximum Gasteiger partial charge on any atom is 0.224 e. The molecule has 0 bridgehead atoms. The molecule has 0 aromatic heterocycles. The molecular weight excluding hydrogens is 276 g/mol. The van der Waals surface area contributed by atoms with Crippen molar-refractivity contribution in [1.82, 2.24) is 0 Å². The number of hydrogen-bond donors (Lipinski definition) is 1. The van der Waals surface area contributed by atoms with Crippen molar-refractivity contribution in [2.45, 2.75) is 19.8 Å². The highest BCUT2D eigenvalue weighted by molar-refractivity contribution is 5.99. The Hall–Kier alpha value is -2.62. The molecule has 2 amide bonds. The Balaban J connectivity index is 2.01. The highest BCUT2D eigenvalue weighted by atomic mass is 16.2. The first kappa shape index (κ1) is 15.8. The zero-order valence-electron chi connectivity index (χ0n) is 12.9. The Labute approximate surface area is 130 Å². The molecule has 0 fully saturated rings. The molecule has 0 saturated heterocycles. The van der Waals surface area contributed by atoms with Gasteiger partial charge in [0, 0.05) is 20.4 Å². The van der Waals surface area contributed by atoms with Crippen LogP contribution in [0.2, 0.25) is 0 Å². The maximum atomic E-state index is 12.1. The highest BCUT2D eigenvalue weighted by Crippen LogP contribution is 2.24. The third-order valence-electron chi connectivity index (χ3n) is 3.50. The van der Waals surface area contributed by atoms with Crippen LogP contribution in [0.4, 0.5) is 11.4 Å². The molecule has 0 aliphatic heterocycles. The normalized spacial score (nSPS) is 10.1. The molecule has 4 nitrogen and oxygen atoms in total. The summed E-state index contributed by atoms with van der Waals surface area (Å²) < 4.78 is 0. The number of carbonyl (C=O) groups excluding carboxylic acids is 2. The van der Waals surface area contributed by atoms with Crippen LogP contribution in [0.5, 0.6) is 0 Å². The van der Waals surface area contributed by atoms with E-state index < -0.39 is 0 Å². The van der Waals surface area contributed by atoms with Crippen molar-refractivity contribution in [2.24, 2.45) is 0 Å². The van der Waals surface area contributed by atoms with Crippen LogP contribution in [0, 0.1) is 0 Å².